The van der Waals surface area contributed by atoms with Crippen molar-refractivity contribution in [2.45, 2.75) is 12.1 Å². The minimum absolute atomic E-state index is 0. The Labute approximate surface area is 164 Å². The van der Waals surface area contributed by atoms with Crippen molar-refractivity contribution in [1.29, 1.82) is 0 Å². The average molecular weight is 426 g/mol. The van der Waals surface area contributed by atoms with Gasteiger partial charge >= 0.3 is 53.4 Å². The maximum Gasteiger partial charge on any atom is 2.00 e. The van der Waals surface area contributed by atoms with Crippen LogP contribution < -0.4 is 21.7 Å². The molecule has 0 aromatic rings. The maximum atomic E-state index is 9.96. The summed E-state index contributed by atoms with van der Waals surface area (Å²) in [6, 6.07) is -3.05. The number of nitrogens with two attached hydrogens (primary N) is 2. The fraction of sp³-hybridized carbons (Fsp3) is 0.667. The molecule has 0 spiro atoms. The third-order valence-electron chi connectivity index (χ3n) is 1.45. The van der Waals surface area contributed by atoms with Crippen molar-refractivity contribution in [3.8, 4) is 0 Å². The summed E-state index contributed by atoms with van der Waals surface area (Å²) in [7, 11) is -9.26. The molecule has 0 aromatic carbocycles. The van der Waals surface area contributed by atoms with Crippen molar-refractivity contribution in [3.05, 3.63) is 0 Å². The third kappa shape index (κ3) is 24.6. The molecule has 18 heteroatoms. The van der Waals surface area contributed by atoms with E-state index in [-0.39, 0.29) is 43.2 Å². The average Bonchev–Trinajstić information content (AvgIpc) is 2.31. The van der Waals surface area contributed by atoms with Crippen LogP contribution in [-0.2, 0) is 27.8 Å². The van der Waals surface area contributed by atoms with E-state index < -0.39 is 52.9 Å². The number of phosphoric ester groups is 2. The Kier molecular flexibility index (Phi) is 19.3. The van der Waals surface area contributed by atoms with Crippen molar-refractivity contribution < 1.29 is 63.0 Å². The largest absolute Gasteiger partial charge is 2.00 e. The van der Waals surface area contributed by atoms with Crippen LogP contribution in [0.1, 0.15) is 0 Å². The second-order valence-corrected chi connectivity index (χ2v) is 5.90. The Morgan fingerprint density at radius 2 is 1.08 bits per heavy atom. The SMILES string of the molecule is N[C@@H](COP(=O)(O)O)C(=O)[O-].N[C@@H](COP(=O)(O)O)C(=O)[O-].O.[Ca+2]. The molecular weight excluding hydrogens is 410 g/mol. The summed E-state index contributed by atoms with van der Waals surface area (Å²) in [5.74, 6) is -3.25. The zero-order valence-electron chi connectivity index (χ0n) is 11.9. The molecule has 10 N–H and O–H groups in total. The van der Waals surface area contributed by atoms with Crippen LogP contribution in [0, 0.1) is 0 Å². The second-order valence-electron chi connectivity index (χ2n) is 3.42. The van der Waals surface area contributed by atoms with Crippen LogP contribution in [-0.4, -0.2) is 100 Å². The van der Waals surface area contributed by atoms with Crippen LogP contribution in [0.3, 0.4) is 0 Å². The monoisotopic (exact) mass is 426 g/mol. The van der Waals surface area contributed by atoms with Crippen molar-refractivity contribution in [3.63, 3.8) is 0 Å². The van der Waals surface area contributed by atoms with Crippen LogP contribution in [0.2, 0.25) is 0 Å². The van der Waals surface area contributed by atoms with Gasteiger partial charge in [0.2, 0.25) is 0 Å². The minimum atomic E-state index is -4.63. The molecule has 2 atom stereocenters. The van der Waals surface area contributed by atoms with Crippen molar-refractivity contribution >= 4 is 65.3 Å². The van der Waals surface area contributed by atoms with Crippen LogP contribution in [0.15, 0.2) is 0 Å². The zero-order valence-corrected chi connectivity index (χ0v) is 15.9. The van der Waals surface area contributed by atoms with E-state index in [1.807, 2.05) is 0 Å². The first kappa shape index (κ1) is 32.0. The van der Waals surface area contributed by atoms with Gasteiger partial charge in [-0.05, 0) is 0 Å². The van der Waals surface area contributed by atoms with Gasteiger partial charge in [-0.3, -0.25) is 9.05 Å². The molecule has 24 heavy (non-hydrogen) atoms. The Hall–Kier alpha value is 0.300. The van der Waals surface area contributed by atoms with E-state index in [2.05, 4.69) is 9.05 Å². The summed E-state index contributed by atoms with van der Waals surface area (Å²) in [5.41, 5.74) is 9.59. The normalized spacial score (nSPS) is 13.2. The molecule has 0 unspecified atom stereocenters. The molecule has 15 nitrogen and oxygen atoms in total. The van der Waals surface area contributed by atoms with Crippen LogP contribution in [0.5, 0.6) is 0 Å². The molecule has 0 aromatic heterocycles. The summed E-state index contributed by atoms with van der Waals surface area (Å²) in [4.78, 5) is 52.0. The van der Waals surface area contributed by atoms with Crippen molar-refractivity contribution in [2.75, 3.05) is 13.2 Å². The van der Waals surface area contributed by atoms with E-state index in [9.17, 15) is 28.9 Å². The third-order valence-corrected chi connectivity index (χ3v) is 2.42. The number of hydrogen-bond donors (Lipinski definition) is 6. The van der Waals surface area contributed by atoms with Gasteiger partial charge in [0, 0.05) is 0 Å². The van der Waals surface area contributed by atoms with Gasteiger partial charge in [0.05, 0.1) is 37.2 Å². The van der Waals surface area contributed by atoms with Crippen LogP contribution in [0.4, 0.5) is 0 Å². The van der Waals surface area contributed by atoms with Crippen molar-refractivity contribution in [2.24, 2.45) is 11.5 Å². The number of aliphatic carboxylic acids is 2. The molecule has 0 aliphatic rings. The molecule has 0 saturated heterocycles. The van der Waals surface area contributed by atoms with Crippen LogP contribution >= 0.6 is 15.6 Å². The molecule has 0 aliphatic heterocycles. The van der Waals surface area contributed by atoms with Crippen LogP contribution in [0.25, 0.3) is 0 Å². The van der Waals surface area contributed by atoms with Gasteiger partial charge in [-0.25, -0.2) is 9.13 Å². The number of carbonyl (C=O) groups is 2. The second kappa shape index (κ2) is 14.5. The minimum Gasteiger partial charge on any atom is -0.548 e. The van der Waals surface area contributed by atoms with Gasteiger partial charge in [0.15, 0.2) is 0 Å². The van der Waals surface area contributed by atoms with Gasteiger partial charge in [-0.1, -0.05) is 0 Å². The van der Waals surface area contributed by atoms with Gasteiger partial charge in [-0.2, -0.15) is 0 Å². The summed E-state index contributed by atoms with van der Waals surface area (Å²) in [5, 5.41) is 19.7. The van der Waals surface area contributed by atoms with Gasteiger partial charge in [0.1, 0.15) is 0 Å². The Morgan fingerprint density at radius 3 is 1.21 bits per heavy atom. The predicted molar refractivity (Wildman–Crippen MR) is 71.3 cm³/mol. The number of carboxylic acids is 2. The molecule has 0 saturated carbocycles. The molecule has 0 radical (unpaired) electrons. The predicted octanol–water partition coefficient (Wildman–Crippen LogP) is -6.86. The van der Waals surface area contributed by atoms with Gasteiger partial charge in [-0.15, -0.1) is 0 Å². The number of carboxylic acid groups (broad SMARTS) is 2. The quantitative estimate of drug-likeness (QED) is 0.155. The Bertz CT molecular complexity index is 421. The van der Waals surface area contributed by atoms with Crippen molar-refractivity contribution in [1.82, 2.24) is 0 Å². The molecule has 0 amide bonds. The summed E-state index contributed by atoms with van der Waals surface area (Å²) in [6.45, 7) is -1.54. The molecule has 140 valence electrons. The first-order valence-electron chi connectivity index (χ1n) is 4.98. The molecule has 0 aliphatic carbocycles. The van der Waals surface area contributed by atoms with E-state index in [0.29, 0.717) is 0 Å². The topological polar surface area (TPSA) is 297 Å². The molecule has 0 rings (SSSR count). The fourth-order valence-electron chi connectivity index (χ4n) is 0.491. The van der Waals surface area contributed by atoms with Gasteiger partial charge < -0.3 is 56.3 Å². The maximum absolute atomic E-state index is 9.96. The van der Waals surface area contributed by atoms with Gasteiger partial charge in [0.25, 0.3) is 0 Å². The first-order chi connectivity index (χ1) is 9.65. The smallest absolute Gasteiger partial charge is 0.548 e. The molecule has 0 bridgehead atoms. The van der Waals surface area contributed by atoms with E-state index >= 15 is 0 Å². The molecule has 0 heterocycles. The summed E-state index contributed by atoms with van der Waals surface area (Å²) in [6.07, 6.45) is 0. The van der Waals surface area contributed by atoms with E-state index in [1.54, 1.807) is 0 Å². The molecule has 0 fully saturated rings. The Morgan fingerprint density at radius 1 is 0.875 bits per heavy atom. The van der Waals surface area contributed by atoms with E-state index in [0.717, 1.165) is 0 Å². The number of rotatable bonds is 8. The van der Waals surface area contributed by atoms with E-state index in [4.69, 9.17) is 31.0 Å². The first-order valence-corrected chi connectivity index (χ1v) is 8.05. The van der Waals surface area contributed by atoms with E-state index in [1.165, 1.54) is 0 Å². The standard InChI is InChI=1S/2C3H8NO6P.Ca.H2O/c2*4-2(3(5)6)1-10-11(7,8)9;;/h2*2H,1,4H2,(H,5,6)(H2,7,8,9);;1H2/q;;+2;/p-2/t2*2-;;/m00../s1. The summed E-state index contributed by atoms with van der Waals surface area (Å²) >= 11 is 0. The number of hydrogen-bond acceptors (Lipinski definition) is 10. The Balaban J connectivity index is -0.000000154. The zero-order chi connectivity index (χ0) is 18.1. The number of carbonyl (C=O) groups excluding carboxylic acids is 2. The summed E-state index contributed by atoms with van der Waals surface area (Å²) < 4.78 is 27.5. The fourth-order valence-corrected chi connectivity index (χ4v) is 1.20. The number of phosphoric acid groups is 2. The molecular formula is C6H16CaN2O13P2.